The molecule has 0 aliphatic carbocycles. The van der Waals surface area contributed by atoms with E-state index in [1.807, 2.05) is 4.90 Å². The first kappa shape index (κ1) is 16.3. The zero-order chi connectivity index (χ0) is 15.1. The molecule has 120 valence electrons. The Labute approximate surface area is 128 Å². The van der Waals surface area contributed by atoms with Gasteiger partial charge in [0.2, 0.25) is 11.8 Å². The Kier molecular flexibility index (Phi) is 6.49. The molecule has 0 spiro atoms. The zero-order valence-electron chi connectivity index (χ0n) is 13.3. The SMILES string of the molecule is CCC1CCCCN1CC(=O)NCCCN1CCCC1=O. The minimum absolute atomic E-state index is 0.128. The van der Waals surface area contributed by atoms with E-state index in [-0.39, 0.29) is 11.8 Å². The molecule has 0 bridgehead atoms. The Morgan fingerprint density at radius 2 is 2.14 bits per heavy atom. The molecule has 1 atom stereocenters. The first-order valence-corrected chi connectivity index (χ1v) is 8.49. The van der Waals surface area contributed by atoms with Crippen molar-refractivity contribution in [1.82, 2.24) is 15.1 Å². The summed E-state index contributed by atoms with van der Waals surface area (Å²) in [6, 6.07) is 0.576. The molecule has 1 unspecified atom stereocenters. The van der Waals surface area contributed by atoms with E-state index in [1.54, 1.807) is 0 Å². The van der Waals surface area contributed by atoms with Crippen molar-refractivity contribution in [2.75, 3.05) is 32.7 Å². The molecule has 0 saturated carbocycles. The number of carbonyl (C=O) groups is 2. The van der Waals surface area contributed by atoms with Gasteiger partial charge in [-0.05, 0) is 38.6 Å². The summed E-state index contributed by atoms with van der Waals surface area (Å²) >= 11 is 0. The minimum atomic E-state index is 0.128. The summed E-state index contributed by atoms with van der Waals surface area (Å²) in [6.45, 7) is 6.12. The Balaban J connectivity index is 1.59. The number of piperidine rings is 1. The van der Waals surface area contributed by atoms with E-state index in [2.05, 4.69) is 17.1 Å². The van der Waals surface area contributed by atoms with Crippen molar-refractivity contribution in [3.05, 3.63) is 0 Å². The van der Waals surface area contributed by atoms with E-state index >= 15 is 0 Å². The Hall–Kier alpha value is -1.10. The Morgan fingerprint density at radius 1 is 1.29 bits per heavy atom. The highest BCUT2D eigenvalue weighted by Crippen LogP contribution is 2.18. The van der Waals surface area contributed by atoms with Crippen molar-refractivity contribution in [3.8, 4) is 0 Å². The maximum Gasteiger partial charge on any atom is 0.234 e. The average molecular weight is 295 g/mol. The van der Waals surface area contributed by atoms with Crippen LogP contribution in [0.15, 0.2) is 0 Å². The molecule has 0 aromatic carbocycles. The predicted molar refractivity (Wildman–Crippen MR) is 82.9 cm³/mol. The van der Waals surface area contributed by atoms with Gasteiger partial charge in [-0.3, -0.25) is 14.5 Å². The third-order valence-corrected chi connectivity index (χ3v) is 4.67. The van der Waals surface area contributed by atoms with Crippen LogP contribution in [0.4, 0.5) is 0 Å². The number of hydrogen-bond donors (Lipinski definition) is 1. The first-order valence-electron chi connectivity index (χ1n) is 8.49. The lowest BCUT2D eigenvalue weighted by Gasteiger charge is -2.34. The summed E-state index contributed by atoms with van der Waals surface area (Å²) in [5, 5.41) is 2.99. The van der Waals surface area contributed by atoms with Crippen LogP contribution in [-0.2, 0) is 9.59 Å². The number of nitrogens with zero attached hydrogens (tertiary/aromatic N) is 2. The number of carbonyl (C=O) groups excluding carboxylic acids is 2. The fourth-order valence-electron chi connectivity index (χ4n) is 3.41. The molecule has 5 heteroatoms. The molecular formula is C16H29N3O2. The van der Waals surface area contributed by atoms with E-state index in [0.717, 1.165) is 38.9 Å². The Morgan fingerprint density at radius 3 is 2.86 bits per heavy atom. The summed E-state index contributed by atoms with van der Waals surface area (Å²) < 4.78 is 0. The van der Waals surface area contributed by atoms with Crippen LogP contribution in [0.2, 0.25) is 0 Å². The number of likely N-dealkylation sites (tertiary alicyclic amines) is 2. The highest BCUT2D eigenvalue weighted by atomic mass is 16.2. The van der Waals surface area contributed by atoms with Crippen LogP contribution in [0.1, 0.15) is 51.9 Å². The molecule has 1 N–H and O–H groups in total. The van der Waals surface area contributed by atoms with Crippen molar-refractivity contribution in [2.24, 2.45) is 0 Å². The molecule has 2 heterocycles. The number of nitrogens with one attached hydrogen (secondary N) is 1. The molecule has 5 nitrogen and oxygen atoms in total. The van der Waals surface area contributed by atoms with Crippen LogP contribution in [0.5, 0.6) is 0 Å². The second kappa shape index (κ2) is 8.37. The summed E-state index contributed by atoms with van der Waals surface area (Å²) in [6.07, 6.45) is 7.39. The van der Waals surface area contributed by atoms with Gasteiger partial charge in [0, 0.05) is 32.1 Å². The van der Waals surface area contributed by atoms with Crippen LogP contribution in [-0.4, -0.2) is 60.4 Å². The van der Waals surface area contributed by atoms with E-state index in [4.69, 9.17) is 0 Å². The maximum absolute atomic E-state index is 12.0. The third-order valence-electron chi connectivity index (χ3n) is 4.67. The van der Waals surface area contributed by atoms with E-state index < -0.39 is 0 Å². The topological polar surface area (TPSA) is 52.7 Å². The van der Waals surface area contributed by atoms with Gasteiger partial charge in [-0.25, -0.2) is 0 Å². The lowest BCUT2D eigenvalue weighted by Crippen LogP contribution is -2.45. The molecule has 0 radical (unpaired) electrons. The van der Waals surface area contributed by atoms with Gasteiger partial charge in [0.1, 0.15) is 0 Å². The van der Waals surface area contributed by atoms with Crippen molar-refractivity contribution < 1.29 is 9.59 Å². The lowest BCUT2D eigenvalue weighted by atomic mass is 10.0. The van der Waals surface area contributed by atoms with Crippen molar-refractivity contribution in [3.63, 3.8) is 0 Å². The fraction of sp³-hybridized carbons (Fsp3) is 0.875. The monoisotopic (exact) mass is 295 g/mol. The largest absolute Gasteiger partial charge is 0.355 e. The van der Waals surface area contributed by atoms with Gasteiger partial charge < -0.3 is 10.2 Å². The molecule has 2 fully saturated rings. The van der Waals surface area contributed by atoms with Gasteiger partial charge in [0.15, 0.2) is 0 Å². The molecule has 2 rings (SSSR count). The quantitative estimate of drug-likeness (QED) is 0.722. The maximum atomic E-state index is 12.0. The molecule has 2 saturated heterocycles. The minimum Gasteiger partial charge on any atom is -0.355 e. The average Bonchev–Trinajstić information content (AvgIpc) is 2.89. The summed E-state index contributed by atoms with van der Waals surface area (Å²) in [5.41, 5.74) is 0. The van der Waals surface area contributed by atoms with Gasteiger partial charge in [-0.2, -0.15) is 0 Å². The van der Waals surface area contributed by atoms with Crippen molar-refractivity contribution >= 4 is 11.8 Å². The highest BCUT2D eigenvalue weighted by Gasteiger charge is 2.22. The standard InChI is InChI=1S/C16H29N3O2/c1-2-14-7-3-4-10-19(14)13-15(20)17-9-6-12-18-11-5-8-16(18)21/h14H,2-13H2,1H3,(H,17,20). The van der Waals surface area contributed by atoms with Crippen LogP contribution < -0.4 is 5.32 Å². The number of hydrogen-bond acceptors (Lipinski definition) is 3. The predicted octanol–water partition coefficient (Wildman–Crippen LogP) is 1.38. The lowest BCUT2D eigenvalue weighted by molar-refractivity contribution is -0.127. The Bertz CT molecular complexity index is 359. The molecule has 2 aliphatic heterocycles. The molecule has 2 amide bonds. The molecular weight excluding hydrogens is 266 g/mol. The normalized spacial score (nSPS) is 23.6. The number of rotatable bonds is 7. The van der Waals surface area contributed by atoms with E-state index in [0.29, 0.717) is 25.6 Å². The van der Waals surface area contributed by atoms with Crippen LogP contribution in [0.3, 0.4) is 0 Å². The van der Waals surface area contributed by atoms with Crippen molar-refractivity contribution in [1.29, 1.82) is 0 Å². The molecule has 21 heavy (non-hydrogen) atoms. The van der Waals surface area contributed by atoms with Gasteiger partial charge in [0.05, 0.1) is 6.54 Å². The summed E-state index contributed by atoms with van der Waals surface area (Å²) in [7, 11) is 0. The second-order valence-electron chi connectivity index (χ2n) is 6.22. The van der Waals surface area contributed by atoms with Gasteiger partial charge in [-0.1, -0.05) is 13.3 Å². The first-order chi connectivity index (χ1) is 10.2. The third kappa shape index (κ3) is 4.99. The molecule has 0 aromatic rings. The van der Waals surface area contributed by atoms with Gasteiger partial charge in [-0.15, -0.1) is 0 Å². The summed E-state index contributed by atoms with van der Waals surface area (Å²) in [4.78, 5) is 27.7. The number of amides is 2. The second-order valence-corrected chi connectivity index (χ2v) is 6.22. The van der Waals surface area contributed by atoms with Gasteiger partial charge in [0.25, 0.3) is 0 Å². The zero-order valence-corrected chi connectivity index (χ0v) is 13.3. The van der Waals surface area contributed by atoms with E-state index in [9.17, 15) is 9.59 Å². The smallest absolute Gasteiger partial charge is 0.234 e. The van der Waals surface area contributed by atoms with Crippen LogP contribution in [0.25, 0.3) is 0 Å². The van der Waals surface area contributed by atoms with Gasteiger partial charge >= 0.3 is 0 Å². The summed E-state index contributed by atoms with van der Waals surface area (Å²) in [5.74, 6) is 0.392. The fourth-order valence-corrected chi connectivity index (χ4v) is 3.41. The van der Waals surface area contributed by atoms with E-state index in [1.165, 1.54) is 19.3 Å². The van der Waals surface area contributed by atoms with Crippen molar-refractivity contribution in [2.45, 2.75) is 57.9 Å². The highest BCUT2D eigenvalue weighted by molar-refractivity contribution is 5.78. The molecule has 2 aliphatic rings. The molecule has 0 aromatic heterocycles. The van der Waals surface area contributed by atoms with Crippen LogP contribution >= 0.6 is 0 Å². The van der Waals surface area contributed by atoms with Crippen LogP contribution in [0, 0.1) is 0 Å².